The van der Waals surface area contributed by atoms with Crippen LogP contribution in [0.25, 0.3) is 21.8 Å². The monoisotopic (exact) mass is 378 g/mol. The Bertz CT molecular complexity index is 992. The summed E-state index contributed by atoms with van der Waals surface area (Å²) in [5.74, 6) is 6.87. The van der Waals surface area contributed by atoms with Crippen LogP contribution in [0.3, 0.4) is 0 Å². The molecule has 0 saturated carbocycles. The Hall–Kier alpha value is -1.93. The lowest BCUT2D eigenvalue weighted by molar-refractivity contribution is 1.62. The molecule has 0 aliphatic carbocycles. The summed E-state index contributed by atoms with van der Waals surface area (Å²) in [4.78, 5) is 0. The van der Waals surface area contributed by atoms with Crippen LogP contribution < -0.4 is 0 Å². The highest BCUT2D eigenvalue weighted by atomic mass is 32.1. The minimum atomic E-state index is -1.48. The van der Waals surface area contributed by atoms with E-state index >= 15 is 0 Å². The summed E-state index contributed by atoms with van der Waals surface area (Å²) in [5.41, 5.74) is 10.8. The van der Waals surface area contributed by atoms with E-state index in [-0.39, 0.29) is 0 Å². The van der Waals surface area contributed by atoms with E-state index in [1.165, 1.54) is 11.7 Å². The maximum Gasteiger partial charge on any atom is 0.129 e. The number of hydrogen-bond donors (Lipinski definition) is 0. The summed E-state index contributed by atoms with van der Waals surface area (Å²) in [6.45, 7) is 13.5. The lowest BCUT2D eigenvalue weighted by Crippen LogP contribution is -2.16. The maximum atomic E-state index is 4.56. The van der Waals surface area contributed by atoms with Crippen molar-refractivity contribution in [2.45, 2.75) is 39.3 Å². The molecule has 0 spiro atoms. The molecule has 2 aromatic carbocycles. The molecule has 25 heavy (non-hydrogen) atoms. The molecule has 0 aliphatic heterocycles. The molecule has 0 atom stereocenters. The molecule has 126 valence electrons. The van der Waals surface area contributed by atoms with Crippen molar-refractivity contribution in [2.75, 3.05) is 0 Å². The van der Waals surface area contributed by atoms with Gasteiger partial charge < -0.3 is 0 Å². The molecule has 2 nitrogen and oxygen atoms in total. The molecule has 1 heterocycles. The van der Waals surface area contributed by atoms with Gasteiger partial charge >= 0.3 is 0 Å². The van der Waals surface area contributed by atoms with Gasteiger partial charge in [-0.15, -0.1) is 11.1 Å². The van der Waals surface area contributed by atoms with Gasteiger partial charge in [0.05, 0.1) is 22.9 Å². The molecule has 3 aromatic rings. The molecule has 0 aliphatic rings. The number of benzene rings is 2. The highest BCUT2D eigenvalue weighted by molar-refractivity contribution is 7.00. The van der Waals surface area contributed by atoms with Crippen molar-refractivity contribution < 1.29 is 0 Å². The first kappa shape index (κ1) is 17.9. The molecule has 0 saturated heterocycles. The van der Waals surface area contributed by atoms with Crippen LogP contribution in [0, 0.1) is 22.9 Å². The summed E-state index contributed by atoms with van der Waals surface area (Å²) in [6.07, 6.45) is 0. The third kappa shape index (κ3) is 4.01. The van der Waals surface area contributed by atoms with Gasteiger partial charge in [0.15, 0.2) is 0 Å². The standard InChI is InChI=1S/C20H22N2SSi2/c1-24(2,3)13-11-17-15-9-7-8-10-16(15)18(12-14-25(4,5)6)20-19(17)21-23-22-20/h7-10H,1-6H3. The zero-order chi connectivity index (χ0) is 18.2. The fourth-order valence-corrected chi connectivity index (χ4v) is 4.00. The van der Waals surface area contributed by atoms with E-state index in [2.05, 4.69) is 95.2 Å². The van der Waals surface area contributed by atoms with Gasteiger partial charge in [0, 0.05) is 10.8 Å². The zero-order valence-corrected chi connectivity index (χ0v) is 18.4. The Kier molecular flexibility index (Phi) is 4.59. The summed E-state index contributed by atoms with van der Waals surface area (Å²) >= 11 is 1.25. The Balaban J connectivity index is 2.41. The molecule has 5 heteroatoms. The fraction of sp³-hybridized carbons (Fsp3) is 0.300. The first-order valence-electron chi connectivity index (χ1n) is 8.39. The SMILES string of the molecule is C[Si](C)(C)C#Cc1c2ccccc2c(C#C[Si](C)(C)C)c2nsnc12. The van der Waals surface area contributed by atoms with Crippen LogP contribution in [0.5, 0.6) is 0 Å². The second kappa shape index (κ2) is 6.42. The summed E-state index contributed by atoms with van der Waals surface area (Å²) in [6, 6.07) is 8.37. The number of hydrogen-bond acceptors (Lipinski definition) is 3. The molecule has 1 aromatic heterocycles. The molecule has 0 bridgehead atoms. The largest absolute Gasteiger partial charge is 0.172 e. The average Bonchev–Trinajstić information content (AvgIpc) is 2.97. The normalized spacial score (nSPS) is 11.8. The topological polar surface area (TPSA) is 25.8 Å². The predicted octanol–water partition coefficient (Wildman–Crippen LogP) is 5.30. The molecule has 0 amide bonds. The van der Waals surface area contributed by atoms with Crippen LogP contribution in [-0.2, 0) is 0 Å². The average molecular weight is 379 g/mol. The second-order valence-electron chi connectivity index (χ2n) is 8.26. The molecule has 0 N–H and O–H groups in total. The minimum Gasteiger partial charge on any atom is -0.172 e. The number of fused-ring (bicyclic) bond motifs is 2. The van der Waals surface area contributed by atoms with Gasteiger partial charge in [-0.3, -0.25) is 0 Å². The summed E-state index contributed by atoms with van der Waals surface area (Å²) in [5, 5.41) is 2.27. The van der Waals surface area contributed by atoms with E-state index in [0.717, 1.165) is 32.9 Å². The highest BCUT2D eigenvalue weighted by Crippen LogP contribution is 2.31. The summed E-state index contributed by atoms with van der Waals surface area (Å²) < 4.78 is 9.12. The van der Waals surface area contributed by atoms with Crippen molar-refractivity contribution in [3.63, 3.8) is 0 Å². The summed E-state index contributed by atoms with van der Waals surface area (Å²) in [7, 11) is -2.95. The molecule has 0 radical (unpaired) electrons. The van der Waals surface area contributed by atoms with Gasteiger partial charge in [-0.1, -0.05) is 75.4 Å². The van der Waals surface area contributed by atoms with Gasteiger partial charge in [-0.2, -0.15) is 8.75 Å². The van der Waals surface area contributed by atoms with Crippen LogP contribution in [0.15, 0.2) is 24.3 Å². The molecule has 0 fully saturated rings. The third-order valence-corrected chi connectivity index (χ3v) is 5.83. The van der Waals surface area contributed by atoms with Crippen molar-refractivity contribution in [3.05, 3.63) is 35.4 Å². The van der Waals surface area contributed by atoms with Crippen molar-refractivity contribution >= 4 is 49.7 Å². The Morgan fingerprint density at radius 3 is 1.48 bits per heavy atom. The maximum absolute atomic E-state index is 4.56. The predicted molar refractivity (Wildman–Crippen MR) is 115 cm³/mol. The van der Waals surface area contributed by atoms with Crippen LogP contribution in [0.2, 0.25) is 39.3 Å². The first-order chi connectivity index (χ1) is 11.7. The van der Waals surface area contributed by atoms with Crippen LogP contribution in [-0.4, -0.2) is 24.9 Å². The second-order valence-corrected chi connectivity index (χ2v) is 18.3. The molecular weight excluding hydrogens is 356 g/mol. The van der Waals surface area contributed by atoms with Crippen LogP contribution in [0.4, 0.5) is 0 Å². The van der Waals surface area contributed by atoms with Crippen LogP contribution in [0.1, 0.15) is 11.1 Å². The lowest BCUT2D eigenvalue weighted by Gasteiger charge is -2.08. The molecular formula is C20H22N2SSi2. The number of aromatic nitrogens is 2. The number of rotatable bonds is 0. The fourth-order valence-electron chi connectivity index (χ4n) is 2.44. The lowest BCUT2D eigenvalue weighted by atomic mass is 9.98. The van der Waals surface area contributed by atoms with E-state index in [1.807, 2.05) is 0 Å². The first-order valence-corrected chi connectivity index (χ1v) is 16.1. The number of nitrogens with zero attached hydrogens (tertiary/aromatic N) is 2. The van der Waals surface area contributed by atoms with E-state index in [4.69, 9.17) is 0 Å². The van der Waals surface area contributed by atoms with Crippen molar-refractivity contribution in [2.24, 2.45) is 0 Å². The zero-order valence-electron chi connectivity index (χ0n) is 15.6. The van der Waals surface area contributed by atoms with Crippen molar-refractivity contribution in [1.82, 2.24) is 8.75 Å². The van der Waals surface area contributed by atoms with E-state index in [9.17, 15) is 0 Å². The van der Waals surface area contributed by atoms with Gasteiger partial charge in [0.1, 0.15) is 27.2 Å². The van der Waals surface area contributed by atoms with Gasteiger partial charge in [0.2, 0.25) is 0 Å². The van der Waals surface area contributed by atoms with Gasteiger partial charge in [-0.05, 0) is 0 Å². The smallest absolute Gasteiger partial charge is 0.129 e. The van der Waals surface area contributed by atoms with E-state index in [1.54, 1.807) is 0 Å². The highest BCUT2D eigenvalue weighted by Gasteiger charge is 2.17. The van der Waals surface area contributed by atoms with Crippen molar-refractivity contribution in [1.29, 1.82) is 0 Å². The van der Waals surface area contributed by atoms with E-state index in [0.29, 0.717) is 0 Å². The third-order valence-electron chi connectivity index (χ3n) is 3.55. The molecule has 0 unspecified atom stereocenters. The Morgan fingerprint density at radius 2 is 1.12 bits per heavy atom. The van der Waals surface area contributed by atoms with Gasteiger partial charge in [0.25, 0.3) is 0 Å². The Labute approximate surface area is 156 Å². The Morgan fingerprint density at radius 1 is 0.720 bits per heavy atom. The van der Waals surface area contributed by atoms with Crippen LogP contribution >= 0.6 is 11.7 Å². The quantitative estimate of drug-likeness (QED) is 0.392. The minimum absolute atomic E-state index is 0.898. The molecule has 3 rings (SSSR count). The van der Waals surface area contributed by atoms with Gasteiger partial charge in [-0.25, -0.2) is 0 Å². The van der Waals surface area contributed by atoms with Crippen molar-refractivity contribution in [3.8, 4) is 22.9 Å². The van der Waals surface area contributed by atoms with E-state index < -0.39 is 16.1 Å².